The van der Waals surface area contributed by atoms with E-state index in [1.165, 1.54) is 11.6 Å². The molecule has 3 heteroatoms. The third-order valence-electron chi connectivity index (χ3n) is 3.59. The molecule has 0 bridgehead atoms. The maximum atomic E-state index is 13.9. The van der Waals surface area contributed by atoms with E-state index >= 15 is 0 Å². The maximum absolute atomic E-state index is 13.9. The Morgan fingerprint density at radius 2 is 1.90 bits per heavy atom. The smallest absolute Gasteiger partial charge is 0.126 e. The summed E-state index contributed by atoms with van der Waals surface area (Å²) in [6.45, 7) is 2.99. The number of likely N-dealkylation sites (N-methyl/N-ethyl adjacent to an activating group) is 1. The molecule has 112 valence electrons. The largest absolute Gasteiger partial charge is 0.314 e. The molecular formula is C18H21BrFN. The van der Waals surface area contributed by atoms with Crippen molar-refractivity contribution in [2.75, 3.05) is 6.54 Å². The highest BCUT2D eigenvalue weighted by Crippen LogP contribution is 2.18. The number of benzene rings is 2. The molecule has 0 aliphatic carbocycles. The highest BCUT2D eigenvalue weighted by Gasteiger charge is 2.12. The van der Waals surface area contributed by atoms with Crippen LogP contribution in [0.4, 0.5) is 4.39 Å². The fourth-order valence-corrected chi connectivity index (χ4v) is 2.92. The van der Waals surface area contributed by atoms with Crippen LogP contribution in [0.25, 0.3) is 0 Å². The number of hydrogen-bond acceptors (Lipinski definition) is 1. The van der Waals surface area contributed by atoms with Crippen molar-refractivity contribution in [3.63, 3.8) is 0 Å². The lowest BCUT2D eigenvalue weighted by Gasteiger charge is -2.18. The highest BCUT2D eigenvalue weighted by molar-refractivity contribution is 9.10. The van der Waals surface area contributed by atoms with Crippen molar-refractivity contribution in [1.29, 1.82) is 0 Å². The SMILES string of the molecule is CCNC(CCc1ccccc1)Cc1cc(Br)ccc1F. The summed E-state index contributed by atoms with van der Waals surface area (Å²) in [6.07, 6.45) is 2.73. The van der Waals surface area contributed by atoms with Gasteiger partial charge in [-0.3, -0.25) is 0 Å². The van der Waals surface area contributed by atoms with E-state index in [2.05, 4.69) is 52.4 Å². The molecule has 0 amide bonds. The minimum atomic E-state index is -0.124. The highest BCUT2D eigenvalue weighted by atomic mass is 79.9. The lowest BCUT2D eigenvalue weighted by molar-refractivity contribution is 0.480. The molecule has 0 heterocycles. The molecule has 0 saturated heterocycles. The van der Waals surface area contributed by atoms with E-state index in [9.17, 15) is 4.39 Å². The van der Waals surface area contributed by atoms with Crippen LogP contribution in [0.5, 0.6) is 0 Å². The zero-order valence-electron chi connectivity index (χ0n) is 12.3. The summed E-state index contributed by atoms with van der Waals surface area (Å²) in [5, 5.41) is 3.47. The molecule has 0 aromatic heterocycles. The normalized spacial score (nSPS) is 12.3. The summed E-state index contributed by atoms with van der Waals surface area (Å²) >= 11 is 3.41. The van der Waals surface area contributed by atoms with Crippen LogP contribution in [0.2, 0.25) is 0 Å². The van der Waals surface area contributed by atoms with E-state index in [0.29, 0.717) is 12.5 Å². The standard InChI is InChI=1S/C18H21BrFN/c1-2-21-17(10-8-14-6-4-3-5-7-14)13-15-12-16(19)9-11-18(15)20/h3-7,9,11-12,17,21H,2,8,10,13H2,1H3. The van der Waals surface area contributed by atoms with Crippen LogP contribution in [0.15, 0.2) is 53.0 Å². The molecule has 2 aromatic rings. The van der Waals surface area contributed by atoms with E-state index in [1.807, 2.05) is 12.1 Å². The van der Waals surface area contributed by atoms with Gasteiger partial charge in [0.05, 0.1) is 0 Å². The fourth-order valence-electron chi connectivity index (χ4n) is 2.52. The van der Waals surface area contributed by atoms with Gasteiger partial charge in [-0.15, -0.1) is 0 Å². The molecule has 0 fully saturated rings. The molecule has 0 radical (unpaired) electrons. The fraction of sp³-hybridized carbons (Fsp3) is 0.333. The van der Waals surface area contributed by atoms with Gasteiger partial charge in [-0.25, -0.2) is 4.39 Å². The lowest BCUT2D eigenvalue weighted by Crippen LogP contribution is -2.31. The molecule has 0 aliphatic heterocycles. The summed E-state index contributed by atoms with van der Waals surface area (Å²) in [7, 11) is 0. The van der Waals surface area contributed by atoms with Gasteiger partial charge in [-0.05, 0) is 55.1 Å². The number of halogens is 2. The molecule has 1 nitrogen and oxygen atoms in total. The van der Waals surface area contributed by atoms with Gasteiger partial charge in [-0.2, -0.15) is 0 Å². The first-order valence-electron chi connectivity index (χ1n) is 7.40. The van der Waals surface area contributed by atoms with E-state index in [-0.39, 0.29) is 5.82 Å². The first-order valence-corrected chi connectivity index (χ1v) is 8.19. The number of rotatable bonds is 7. The summed E-state index contributed by atoms with van der Waals surface area (Å²) in [5.74, 6) is -0.124. The van der Waals surface area contributed by atoms with Gasteiger partial charge < -0.3 is 5.32 Å². The predicted molar refractivity (Wildman–Crippen MR) is 90.0 cm³/mol. The van der Waals surface area contributed by atoms with Gasteiger partial charge in [0.1, 0.15) is 5.82 Å². The predicted octanol–water partition coefficient (Wildman–Crippen LogP) is 4.74. The lowest BCUT2D eigenvalue weighted by atomic mass is 9.98. The Kier molecular flexibility index (Phi) is 6.40. The second kappa shape index (κ2) is 8.30. The topological polar surface area (TPSA) is 12.0 Å². The van der Waals surface area contributed by atoms with Gasteiger partial charge in [0, 0.05) is 10.5 Å². The van der Waals surface area contributed by atoms with Gasteiger partial charge >= 0.3 is 0 Å². The van der Waals surface area contributed by atoms with Crippen LogP contribution < -0.4 is 5.32 Å². The van der Waals surface area contributed by atoms with Crippen molar-refractivity contribution in [2.24, 2.45) is 0 Å². The Balaban J connectivity index is 2.00. The number of aryl methyl sites for hydroxylation is 1. The zero-order chi connectivity index (χ0) is 15.1. The Morgan fingerprint density at radius 3 is 2.62 bits per heavy atom. The minimum Gasteiger partial charge on any atom is -0.314 e. The van der Waals surface area contributed by atoms with Gasteiger partial charge in [0.15, 0.2) is 0 Å². The van der Waals surface area contributed by atoms with Crippen molar-refractivity contribution in [3.05, 3.63) is 69.9 Å². The van der Waals surface area contributed by atoms with Gasteiger partial charge in [-0.1, -0.05) is 53.2 Å². The molecule has 1 atom stereocenters. The molecule has 2 rings (SSSR count). The Labute approximate surface area is 134 Å². The first-order chi connectivity index (χ1) is 10.2. The molecule has 0 saturated carbocycles. The molecule has 1 unspecified atom stereocenters. The molecule has 0 aliphatic rings. The third kappa shape index (κ3) is 5.25. The van der Waals surface area contributed by atoms with E-state index < -0.39 is 0 Å². The molecule has 21 heavy (non-hydrogen) atoms. The van der Waals surface area contributed by atoms with E-state index in [0.717, 1.165) is 29.4 Å². The van der Waals surface area contributed by atoms with Crippen molar-refractivity contribution < 1.29 is 4.39 Å². The average Bonchev–Trinajstić information content (AvgIpc) is 2.50. The van der Waals surface area contributed by atoms with Crippen LogP contribution in [0.3, 0.4) is 0 Å². The molecular weight excluding hydrogens is 329 g/mol. The van der Waals surface area contributed by atoms with Crippen LogP contribution in [-0.4, -0.2) is 12.6 Å². The summed E-state index contributed by atoms with van der Waals surface area (Å²) in [4.78, 5) is 0. The Bertz CT molecular complexity index is 556. The van der Waals surface area contributed by atoms with Gasteiger partial charge in [0.2, 0.25) is 0 Å². The minimum absolute atomic E-state index is 0.124. The van der Waals surface area contributed by atoms with Crippen LogP contribution in [0, 0.1) is 5.82 Å². The molecule has 1 N–H and O–H groups in total. The molecule has 2 aromatic carbocycles. The van der Waals surface area contributed by atoms with Crippen LogP contribution >= 0.6 is 15.9 Å². The third-order valence-corrected chi connectivity index (χ3v) is 4.08. The Morgan fingerprint density at radius 1 is 1.14 bits per heavy atom. The summed E-state index contributed by atoms with van der Waals surface area (Å²) in [5.41, 5.74) is 2.10. The molecule has 0 spiro atoms. The maximum Gasteiger partial charge on any atom is 0.126 e. The zero-order valence-corrected chi connectivity index (χ0v) is 13.9. The van der Waals surface area contributed by atoms with E-state index in [1.54, 1.807) is 6.07 Å². The summed E-state index contributed by atoms with van der Waals surface area (Å²) in [6, 6.07) is 15.9. The summed E-state index contributed by atoms with van der Waals surface area (Å²) < 4.78 is 14.8. The average molecular weight is 350 g/mol. The second-order valence-electron chi connectivity index (χ2n) is 5.22. The van der Waals surface area contributed by atoms with Gasteiger partial charge in [0.25, 0.3) is 0 Å². The van der Waals surface area contributed by atoms with Crippen molar-refractivity contribution in [2.45, 2.75) is 32.2 Å². The van der Waals surface area contributed by atoms with Crippen molar-refractivity contribution in [1.82, 2.24) is 5.32 Å². The monoisotopic (exact) mass is 349 g/mol. The second-order valence-corrected chi connectivity index (χ2v) is 6.13. The van der Waals surface area contributed by atoms with Crippen LogP contribution in [-0.2, 0) is 12.8 Å². The number of hydrogen-bond donors (Lipinski definition) is 1. The quantitative estimate of drug-likeness (QED) is 0.760. The Hall–Kier alpha value is -1.19. The van der Waals surface area contributed by atoms with Crippen molar-refractivity contribution >= 4 is 15.9 Å². The van der Waals surface area contributed by atoms with Crippen LogP contribution in [0.1, 0.15) is 24.5 Å². The first kappa shape index (κ1) is 16.2. The van der Waals surface area contributed by atoms with E-state index in [4.69, 9.17) is 0 Å². The van der Waals surface area contributed by atoms with Crippen molar-refractivity contribution in [3.8, 4) is 0 Å². The number of nitrogens with one attached hydrogen (secondary N) is 1.